The highest BCUT2D eigenvalue weighted by Crippen LogP contribution is 2.63. The van der Waals surface area contributed by atoms with Gasteiger partial charge in [-0.15, -0.1) is 11.6 Å². The van der Waals surface area contributed by atoms with Crippen LogP contribution < -0.4 is 0 Å². The Morgan fingerprint density at radius 1 is 1.30 bits per heavy atom. The van der Waals surface area contributed by atoms with Crippen LogP contribution in [0.15, 0.2) is 42.5 Å². The summed E-state index contributed by atoms with van der Waals surface area (Å²) in [6.45, 7) is 15.0. The van der Waals surface area contributed by atoms with Crippen LogP contribution in [-0.2, 0) is 4.79 Å². The summed E-state index contributed by atoms with van der Waals surface area (Å²) in [6.07, 6.45) is 0.714. The van der Waals surface area contributed by atoms with Crippen LogP contribution in [0.3, 0.4) is 0 Å². The van der Waals surface area contributed by atoms with Crippen LogP contribution in [0.2, 0.25) is 18.1 Å². The van der Waals surface area contributed by atoms with E-state index in [0.717, 1.165) is 5.57 Å². The van der Waals surface area contributed by atoms with E-state index >= 15 is 0 Å². The van der Waals surface area contributed by atoms with Gasteiger partial charge in [0.25, 0.3) is 0 Å². The molecule has 0 spiro atoms. The molecule has 1 heterocycles. The van der Waals surface area contributed by atoms with Crippen molar-refractivity contribution >= 4 is 26.3 Å². The minimum atomic E-state index is -1.29. The molecular formula is C19H28ClNOSi. The molecule has 0 N–H and O–H groups in total. The molecule has 1 fully saturated rings. The first-order valence-electron chi connectivity index (χ1n) is 8.27. The maximum Gasteiger partial charge on any atom is 0.229 e. The second kappa shape index (κ2) is 6.44. The van der Waals surface area contributed by atoms with Gasteiger partial charge in [0.15, 0.2) is 0 Å². The second-order valence-electron chi connectivity index (χ2n) is 7.91. The van der Waals surface area contributed by atoms with Crippen LogP contribution in [0.4, 0.5) is 0 Å². The van der Waals surface area contributed by atoms with E-state index in [2.05, 4.69) is 69.6 Å². The molecule has 2 rings (SSSR count). The number of hydrogen-bond donors (Lipinski definition) is 0. The molecule has 0 aliphatic carbocycles. The molecule has 1 aliphatic heterocycles. The number of halogens is 1. The van der Waals surface area contributed by atoms with Crippen molar-refractivity contribution in [1.29, 1.82) is 0 Å². The van der Waals surface area contributed by atoms with Gasteiger partial charge in [0, 0.05) is 11.4 Å². The third kappa shape index (κ3) is 3.01. The number of carbonyl (C=O) groups is 1. The molecule has 0 unspecified atom stereocenters. The monoisotopic (exact) mass is 349 g/mol. The number of hydrogen-bond acceptors (Lipinski definition) is 1. The van der Waals surface area contributed by atoms with Crippen molar-refractivity contribution in [1.82, 2.24) is 4.90 Å². The lowest BCUT2D eigenvalue weighted by Crippen LogP contribution is -2.68. The fraction of sp³-hybridized carbons (Fsp3) is 0.526. The van der Waals surface area contributed by atoms with Crippen molar-refractivity contribution in [2.24, 2.45) is 0 Å². The van der Waals surface area contributed by atoms with E-state index in [1.54, 1.807) is 0 Å². The highest BCUT2D eigenvalue weighted by Gasteiger charge is 2.64. The molecule has 2 nitrogen and oxygen atoms in total. The Labute approximate surface area is 147 Å². The molecule has 1 aliphatic rings. The molecule has 0 bridgehead atoms. The maximum atomic E-state index is 13.3. The number of benzene rings is 1. The van der Waals surface area contributed by atoms with Gasteiger partial charge in [-0.05, 0) is 32.8 Å². The third-order valence-electron chi connectivity index (χ3n) is 4.96. The summed E-state index contributed by atoms with van der Waals surface area (Å²) in [4.78, 5) is 15.3. The standard InChI is InChI=1S/C19H28ClNOSi/c1-14(13-20)12-19(23(5)6)16(15-10-8-7-9-11-15)21(17(19)22)18(2,3)4/h7-11,16,23H,1,12-13H2,2-6H3/t16-,19+/m1/s1. The van der Waals surface area contributed by atoms with E-state index in [-0.39, 0.29) is 22.5 Å². The number of β-lactam (4-membered cyclic amide) rings is 1. The average Bonchev–Trinajstić information content (AvgIpc) is 2.48. The lowest BCUT2D eigenvalue weighted by Gasteiger charge is -2.63. The first-order valence-corrected chi connectivity index (χ1v) is 11.7. The summed E-state index contributed by atoms with van der Waals surface area (Å²) < 4.78 is 0. The van der Waals surface area contributed by atoms with Crippen LogP contribution >= 0.6 is 11.6 Å². The van der Waals surface area contributed by atoms with Crippen molar-refractivity contribution in [3.05, 3.63) is 48.0 Å². The molecular weight excluding hydrogens is 322 g/mol. The summed E-state index contributed by atoms with van der Waals surface area (Å²) >= 11 is 6.00. The zero-order valence-electron chi connectivity index (χ0n) is 14.9. The van der Waals surface area contributed by atoms with Crippen LogP contribution in [0.5, 0.6) is 0 Å². The van der Waals surface area contributed by atoms with Crippen molar-refractivity contribution in [2.45, 2.75) is 56.9 Å². The molecule has 4 heteroatoms. The highest BCUT2D eigenvalue weighted by atomic mass is 35.5. The molecule has 126 valence electrons. The SMILES string of the molecule is C=C(CCl)C[C@@]1([SiH](C)C)C(=O)N(C(C)(C)C)[C@@H]1c1ccccc1. The summed E-state index contributed by atoms with van der Waals surface area (Å²) in [5.41, 5.74) is 2.01. The van der Waals surface area contributed by atoms with Crippen molar-refractivity contribution in [3.63, 3.8) is 0 Å². The summed E-state index contributed by atoms with van der Waals surface area (Å²) in [6, 6.07) is 10.6. The number of carbonyl (C=O) groups excluding carboxylic acids is 1. The smallest absolute Gasteiger partial charge is 0.229 e. The zero-order chi connectivity index (χ0) is 17.4. The average molecular weight is 350 g/mol. The van der Waals surface area contributed by atoms with E-state index in [9.17, 15) is 4.79 Å². The first kappa shape index (κ1) is 18.3. The number of allylic oxidation sites excluding steroid dienone is 1. The van der Waals surface area contributed by atoms with Gasteiger partial charge in [0.05, 0.1) is 19.9 Å². The largest absolute Gasteiger partial charge is 0.330 e. The molecule has 1 aromatic rings. The van der Waals surface area contributed by atoms with E-state index < -0.39 is 8.80 Å². The van der Waals surface area contributed by atoms with Crippen molar-refractivity contribution < 1.29 is 4.79 Å². The predicted molar refractivity (Wildman–Crippen MR) is 102 cm³/mol. The van der Waals surface area contributed by atoms with Gasteiger partial charge in [-0.1, -0.05) is 55.6 Å². The maximum absolute atomic E-state index is 13.3. The van der Waals surface area contributed by atoms with Crippen LogP contribution in [0, 0.1) is 0 Å². The van der Waals surface area contributed by atoms with Crippen LogP contribution in [-0.4, -0.2) is 31.0 Å². The first-order chi connectivity index (χ1) is 10.7. The number of nitrogens with zero attached hydrogens (tertiary/aromatic N) is 1. The fourth-order valence-electron chi connectivity index (χ4n) is 3.80. The van der Waals surface area contributed by atoms with Gasteiger partial charge in [0.2, 0.25) is 5.91 Å². The van der Waals surface area contributed by atoms with E-state index in [1.807, 2.05) is 6.07 Å². The molecule has 0 saturated carbocycles. The summed E-state index contributed by atoms with van der Waals surface area (Å²) in [5.74, 6) is 0.708. The molecule has 1 saturated heterocycles. The van der Waals surface area contributed by atoms with Gasteiger partial charge in [-0.2, -0.15) is 0 Å². The molecule has 0 aromatic heterocycles. The Hall–Kier alpha value is -1.06. The second-order valence-corrected chi connectivity index (χ2v) is 11.5. The minimum Gasteiger partial charge on any atom is -0.330 e. The Morgan fingerprint density at radius 3 is 2.30 bits per heavy atom. The van der Waals surface area contributed by atoms with Gasteiger partial charge in [-0.25, -0.2) is 0 Å². The normalized spacial score (nSPS) is 24.7. The fourth-order valence-corrected chi connectivity index (χ4v) is 6.19. The molecule has 1 amide bonds. The Bertz CT molecular complexity index is 593. The van der Waals surface area contributed by atoms with Gasteiger partial charge >= 0.3 is 0 Å². The number of rotatable bonds is 5. The molecule has 2 atom stereocenters. The van der Waals surface area contributed by atoms with Gasteiger partial charge in [-0.3, -0.25) is 4.79 Å². The molecule has 23 heavy (non-hydrogen) atoms. The highest BCUT2D eigenvalue weighted by molar-refractivity contribution is 6.65. The topological polar surface area (TPSA) is 20.3 Å². The Kier molecular flexibility index (Phi) is 5.12. The van der Waals surface area contributed by atoms with E-state index in [0.29, 0.717) is 12.3 Å². The molecule has 1 aromatic carbocycles. The quantitative estimate of drug-likeness (QED) is 0.324. The van der Waals surface area contributed by atoms with Crippen LogP contribution in [0.25, 0.3) is 0 Å². The van der Waals surface area contributed by atoms with Crippen LogP contribution in [0.1, 0.15) is 38.8 Å². The zero-order valence-corrected chi connectivity index (χ0v) is 16.8. The number of alkyl halides is 1. The lowest BCUT2D eigenvalue weighted by atomic mass is 9.74. The van der Waals surface area contributed by atoms with Crippen molar-refractivity contribution in [3.8, 4) is 0 Å². The van der Waals surface area contributed by atoms with E-state index in [4.69, 9.17) is 11.6 Å². The van der Waals surface area contributed by atoms with Gasteiger partial charge < -0.3 is 4.90 Å². The van der Waals surface area contributed by atoms with E-state index in [1.165, 1.54) is 5.56 Å². The number of likely N-dealkylation sites (tertiary alicyclic amines) is 1. The lowest BCUT2D eigenvalue weighted by molar-refractivity contribution is -0.164. The third-order valence-corrected chi connectivity index (χ3v) is 8.17. The van der Waals surface area contributed by atoms with Crippen molar-refractivity contribution in [2.75, 3.05) is 5.88 Å². The molecule has 0 radical (unpaired) electrons. The summed E-state index contributed by atoms with van der Waals surface area (Å²) in [7, 11) is -1.29. The Balaban J connectivity index is 2.55. The Morgan fingerprint density at radius 2 is 1.87 bits per heavy atom. The number of amides is 1. The minimum absolute atomic E-state index is 0.128. The van der Waals surface area contributed by atoms with Gasteiger partial charge in [0.1, 0.15) is 0 Å². The summed E-state index contributed by atoms with van der Waals surface area (Å²) in [5, 5.41) is -0.305. The predicted octanol–water partition coefficient (Wildman–Crippen LogP) is 4.78.